The molecule has 0 unspecified atom stereocenters. The smallest absolute Gasteiger partial charge is 0.0616 e. The Kier molecular flexibility index (Phi) is 1.10. The number of dihydropyridines is 2. The Bertz CT molecular complexity index is 256. The average molecular weight is 132 g/mol. The minimum Gasteiger partial charge on any atom is -0.366 e. The number of hydrogen-bond acceptors (Lipinski definition) is 2. The molecule has 2 rings (SSSR count). The predicted molar refractivity (Wildman–Crippen MR) is 40.7 cm³/mol. The monoisotopic (exact) mass is 132 g/mol. The summed E-state index contributed by atoms with van der Waals surface area (Å²) in [4.78, 5) is 0. The van der Waals surface area contributed by atoms with E-state index in [4.69, 9.17) is 0 Å². The van der Waals surface area contributed by atoms with Gasteiger partial charge in [0.1, 0.15) is 0 Å². The summed E-state index contributed by atoms with van der Waals surface area (Å²) in [5.41, 5.74) is 2.35. The van der Waals surface area contributed by atoms with Gasteiger partial charge in [0.25, 0.3) is 0 Å². The molecule has 0 atom stereocenters. The lowest BCUT2D eigenvalue weighted by atomic mass is 10.1. The second-order valence-corrected chi connectivity index (χ2v) is 2.18. The van der Waals surface area contributed by atoms with E-state index in [9.17, 15) is 0 Å². The molecule has 0 saturated carbocycles. The Morgan fingerprint density at radius 2 is 2.20 bits per heavy atom. The van der Waals surface area contributed by atoms with Gasteiger partial charge in [0.2, 0.25) is 0 Å². The highest BCUT2D eigenvalue weighted by molar-refractivity contribution is 5.45. The quantitative estimate of drug-likeness (QED) is 0.513. The molecule has 0 radical (unpaired) electrons. The van der Waals surface area contributed by atoms with Gasteiger partial charge in [-0.15, -0.1) is 0 Å². The first-order valence-electron chi connectivity index (χ1n) is 3.23. The summed E-state index contributed by atoms with van der Waals surface area (Å²) in [5, 5.41) is 6.12. The minimum absolute atomic E-state index is 1.13. The van der Waals surface area contributed by atoms with Gasteiger partial charge < -0.3 is 10.6 Å². The molecule has 10 heavy (non-hydrogen) atoms. The van der Waals surface area contributed by atoms with Crippen molar-refractivity contribution in [2.45, 2.75) is 0 Å². The van der Waals surface area contributed by atoms with Crippen LogP contribution in [0.4, 0.5) is 0 Å². The summed E-state index contributed by atoms with van der Waals surface area (Å²) in [6.07, 6.45) is 11.9. The summed E-state index contributed by atoms with van der Waals surface area (Å²) < 4.78 is 0. The zero-order chi connectivity index (χ0) is 6.81. The van der Waals surface area contributed by atoms with E-state index in [0.717, 1.165) is 5.70 Å². The van der Waals surface area contributed by atoms with Gasteiger partial charge in [0.15, 0.2) is 0 Å². The molecular weight excluding hydrogens is 124 g/mol. The molecule has 2 N–H and O–H groups in total. The lowest BCUT2D eigenvalue weighted by Gasteiger charge is -2.14. The summed E-state index contributed by atoms with van der Waals surface area (Å²) in [7, 11) is 0. The van der Waals surface area contributed by atoms with Crippen molar-refractivity contribution in [3.05, 3.63) is 48.1 Å². The van der Waals surface area contributed by atoms with Crippen LogP contribution in [0, 0.1) is 0 Å². The van der Waals surface area contributed by atoms with Crippen LogP contribution in [0.3, 0.4) is 0 Å². The van der Waals surface area contributed by atoms with E-state index in [2.05, 4.69) is 16.7 Å². The lowest BCUT2D eigenvalue weighted by molar-refractivity contribution is 0.997. The maximum Gasteiger partial charge on any atom is 0.0616 e. The standard InChI is InChI=1S/C8H8N2/c1-2-7-3-5-9-6-8(7)10-4-1/h1-6,9-10H. The van der Waals surface area contributed by atoms with E-state index >= 15 is 0 Å². The van der Waals surface area contributed by atoms with Gasteiger partial charge in [-0.05, 0) is 12.2 Å². The molecule has 2 aliphatic heterocycles. The molecule has 2 aliphatic rings. The van der Waals surface area contributed by atoms with E-state index in [1.165, 1.54) is 5.57 Å². The van der Waals surface area contributed by atoms with Crippen LogP contribution in [0.25, 0.3) is 0 Å². The van der Waals surface area contributed by atoms with Gasteiger partial charge in [0, 0.05) is 24.2 Å². The van der Waals surface area contributed by atoms with Crippen molar-refractivity contribution in [1.29, 1.82) is 0 Å². The van der Waals surface area contributed by atoms with Gasteiger partial charge >= 0.3 is 0 Å². The molecule has 0 amide bonds. The highest BCUT2D eigenvalue weighted by atomic mass is 14.9. The summed E-state index contributed by atoms with van der Waals surface area (Å²) in [5.74, 6) is 0. The van der Waals surface area contributed by atoms with Crippen molar-refractivity contribution in [2.24, 2.45) is 0 Å². The predicted octanol–water partition coefficient (Wildman–Crippen LogP) is 0.988. The third-order valence-electron chi connectivity index (χ3n) is 1.51. The van der Waals surface area contributed by atoms with Crippen molar-refractivity contribution in [2.75, 3.05) is 0 Å². The van der Waals surface area contributed by atoms with Crippen molar-refractivity contribution in [1.82, 2.24) is 10.6 Å². The second-order valence-electron chi connectivity index (χ2n) is 2.18. The van der Waals surface area contributed by atoms with Gasteiger partial charge in [-0.3, -0.25) is 0 Å². The SMILES string of the molecule is C1=CNC2=CNC=CC2=C1. The molecule has 0 aromatic rings. The molecule has 2 heterocycles. The number of allylic oxidation sites excluding steroid dienone is 3. The summed E-state index contributed by atoms with van der Waals surface area (Å²) >= 11 is 0. The van der Waals surface area contributed by atoms with E-state index < -0.39 is 0 Å². The molecule has 0 saturated heterocycles. The maximum atomic E-state index is 3.12. The molecule has 0 aromatic heterocycles. The molecule has 2 nitrogen and oxygen atoms in total. The molecule has 50 valence electrons. The average Bonchev–Trinajstić information content (AvgIpc) is 2.05. The van der Waals surface area contributed by atoms with Gasteiger partial charge in [-0.25, -0.2) is 0 Å². The highest BCUT2D eigenvalue weighted by Gasteiger charge is 2.04. The van der Waals surface area contributed by atoms with Crippen LogP contribution in [0.2, 0.25) is 0 Å². The van der Waals surface area contributed by atoms with Gasteiger partial charge in [0.05, 0.1) is 5.70 Å². The van der Waals surface area contributed by atoms with Gasteiger partial charge in [-0.1, -0.05) is 6.08 Å². The fraction of sp³-hybridized carbons (Fsp3) is 0. The number of fused-ring (bicyclic) bond motifs is 1. The Labute approximate surface area is 59.6 Å². The van der Waals surface area contributed by atoms with Crippen LogP contribution in [0.15, 0.2) is 48.1 Å². The van der Waals surface area contributed by atoms with E-state index in [1.54, 1.807) is 0 Å². The van der Waals surface area contributed by atoms with Gasteiger partial charge in [-0.2, -0.15) is 0 Å². The Hall–Kier alpha value is -1.44. The highest BCUT2D eigenvalue weighted by Crippen LogP contribution is 2.13. The molecule has 0 bridgehead atoms. The summed E-state index contributed by atoms with van der Waals surface area (Å²) in [6, 6.07) is 0. The first kappa shape index (κ1) is 5.35. The molecule has 0 aromatic carbocycles. The largest absolute Gasteiger partial charge is 0.366 e. The van der Waals surface area contributed by atoms with Crippen molar-refractivity contribution >= 4 is 0 Å². The second kappa shape index (κ2) is 2.06. The fourth-order valence-electron chi connectivity index (χ4n) is 1.00. The number of rotatable bonds is 0. The van der Waals surface area contributed by atoms with Crippen LogP contribution in [0.1, 0.15) is 0 Å². The molecule has 2 heteroatoms. The molecule has 0 spiro atoms. The van der Waals surface area contributed by atoms with Crippen molar-refractivity contribution in [3.8, 4) is 0 Å². The van der Waals surface area contributed by atoms with Crippen molar-refractivity contribution < 1.29 is 0 Å². The zero-order valence-corrected chi connectivity index (χ0v) is 5.46. The van der Waals surface area contributed by atoms with Crippen LogP contribution in [-0.4, -0.2) is 0 Å². The fourth-order valence-corrected chi connectivity index (χ4v) is 1.00. The normalized spacial score (nSPS) is 20.0. The first-order chi connectivity index (χ1) is 4.97. The lowest BCUT2D eigenvalue weighted by Crippen LogP contribution is -2.15. The van der Waals surface area contributed by atoms with Crippen LogP contribution in [-0.2, 0) is 0 Å². The maximum absolute atomic E-state index is 3.12. The van der Waals surface area contributed by atoms with E-state index in [1.807, 2.05) is 30.8 Å². The summed E-state index contributed by atoms with van der Waals surface area (Å²) in [6.45, 7) is 0. The molecule has 0 aliphatic carbocycles. The van der Waals surface area contributed by atoms with Crippen LogP contribution >= 0.6 is 0 Å². The van der Waals surface area contributed by atoms with Crippen molar-refractivity contribution in [3.63, 3.8) is 0 Å². The minimum atomic E-state index is 1.13. The van der Waals surface area contributed by atoms with E-state index in [-0.39, 0.29) is 0 Å². The number of hydrogen-bond donors (Lipinski definition) is 2. The third-order valence-corrected chi connectivity index (χ3v) is 1.51. The number of nitrogens with one attached hydrogen (secondary N) is 2. The third kappa shape index (κ3) is 0.739. The van der Waals surface area contributed by atoms with Crippen LogP contribution < -0.4 is 10.6 Å². The zero-order valence-electron chi connectivity index (χ0n) is 5.46. The molecular formula is C8H8N2. The Morgan fingerprint density at radius 1 is 1.20 bits per heavy atom. The molecule has 0 fully saturated rings. The topological polar surface area (TPSA) is 24.1 Å². The Balaban J connectivity index is 2.39. The van der Waals surface area contributed by atoms with Crippen LogP contribution in [0.5, 0.6) is 0 Å². The Morgan fingerprint density at radius 3 is 3.10 bits per heavy atom. The van der Waals surface area contributed by atoms with E-state index in [0.29, 0.717) is 0 Å². The first-order valence-corrected chi connectivity index (χ1v) is 3.23.